The zero-order valence-electron chi connectivity index (χ0n) is 21.0. The van der Waals surface area contributed by atoms with E-state index in [1.54, 1.807) is 31.2 Å². The molecule has 0 aromatic heterocycles. The summed E-state index contributed by atoms with van der Waals surface area (Å²) in [6.45, 7) is 4.54. The lowest BCUT2D eigenvalue weighted by Crippen LogP contribution is -2.53. The molecule has 2 atom stereocenters. The van der Waals surface area contributed by atoms with Crippen LogP contribution in [0.25, 0.3) is 0 Å². The fraction of sp³-hybridized carbons (Fsp3) is 0.423. The summed E-state index contributed by atoms with van der Waals surface area (Å²) in [6, 6.07) is 12.9. The summed E-state index contributed by atoms with van der Waals surface area (Å²) in [6.07, 6.45) is 0.470. The van der Waals surface area contributed by atoms with Crippen LogP contribution in [0.3, 0.4) is 0 Å². The molecule has 0 aliphatic heterocycles. The van der Waals surface area contributed by atoms with Crippen LogP contribution in [0, 0.1) is 0 Å². The third-order valence-electron chi connectivity index (χ3n) is 5.45. The molecule has 0 aliphatic rings. The van der Waals surface area contributed by atoms with E-state index >= 15 is 0 Å². The number of amides is 2. The third-order valence-corrected chi connectivity index (χ3v) is 5.79. The smallest absolute Gasteiger partial charge is 0.328 e. The lowest BCUT2D eigenvalue weighted by atomic mass is 10.0. The maximum Gasteiger partial charge on any atom is 0.328 e. The SMILES string of the molecule is CCOC(=O)C(Cc1ccc(N(CCCl)CCCl)cc1)NC(=O)C(Cc1ccc(N)cc1)NC(C)=O.Cl. The van der Waals surface area contributed by atoms with Crippen LogP contribution in [0.2, 0.25) is 0 Å². The van der Waals surface area contributed by atoms with Crippen molar-refractivity contribution >= 4 is 64.8 Å². The summed E-state index contributed by atoms with van der Waals surface area (Å²) >= 11 is 11.8. The Labute approximate surface area is 234 Å². The fourth-order valence-electron chi connectivity index (χ4n) is 3.71. The topological polar surface area (TPSA) is 114 Å². The molecular weight excluding hydrogens is 539 g/mol. The number of halogens is 3. The highest BCUT2D eigenvalue weighted by Gasteiger charge is 2.27. The molecule has 0 heterocycles. The van der Waals surface area contributed by atoms with Crippen LogP contribution in [-0.4, -0.2) is 61.3 Å². The molecule has 0 aliphatic carbocycles. The third kappa shape index (κ3) is 11.1. The molecule has 0 fully saturated rings. The number of nitrogens with zero attached hydrogens (tertiary/aromatic N) is 1. The number of anilines is 2. The number of alkyl halides is 2. The average molecular weight is 574 g/mol. The van der Waals surface area contributed by atoms with E-state index in [1.165, 1.54) is 6.92 Å². The van der Waals surface area contributed by atoms with E-state index in [0.717, 1.165) is 16.8 Å². The minimum atomic E-state index is -0.923. The van der Waals surface area contributed by atoms with Gasteiger partial charge in [0, 0.05) is 56.0 Å². The number of ether oxygens (including phenoxy) is 1. The molecule has 2 unspecified atom stereocenters. The van der Waals surface area contributed by atoms with E-state index in [2.05, 4.69) is 15.5 Å². The maximum absolute atomic E-state index is 13.2. The first-order valence-corrected chi connectivity index (χ1v) is 12.9. The highest BCUT2D eigenvalue weighted by atomic mass is 35.5. The van der Waals surface area contributed by atoms with Crippen LogP contribution < -0.4 is 21.3 Å². The van der Waals surface area contributed by atoms with Crippen LogP contribution in [0.4, 0.5) is 11.4 Å². The normalized spacial score (nSPS) is 12.0. The monoisotopic (exact) mass is 572 g/mol. The summed E-state index contributed by atoms with van der Waals surface area (Å²) in [5.74, 6) is -0.433. The van der Waals surface area contributed by atoms with Crippen LogP contribution in [0.5, 0.6) is 0 Å². The minimum absolute atomic E-state index is 0. The van der Waals surface area contributed by atoms with Gasteiger partial charge in [-0.3, -0.25) is 9.59 Å². The number of hydrogen-bond acceptors (Lipinski definition) is 6. The molecule has 0 saturated heterocycles. The molecule has 0 bridgehead atoms. The Hall–Kier alpha value is -2.68. The number of rotatable bonds is 14. The van der Waals surface area contributed by atoms with Gasteiger partial charge in [0.25, 0.3) is 0 Å². The predicted octanol–water partition coefficient (Wildman–Crippen LogP) is 3.31. The van der Waals surface area contributed by atoms with Crippen molar-refractivity contribution in [2.24, 2.45) is 0 Å². The molecule has 4 N–H and O–H groups in total. The molecule has 2 aromatic rings. The van der Waals surface area contributed by atoms with E-state index in [0.29, 0.717) is 30.5 Å². The van der Waals surface area contributed by atoms with Gasteiger partial charge in [-0.25, -0.2) is 4.79 Å². The van der Waals surface area contributed by atoms with Gasteiger partial charge in [-0.2, -0.15) is 0 Å². The standard InChI is InChI=1S/C26H34Cl2N4O4.ClH/c1-3-36-26(35)24(17-20-6-10-22(11-7-20)32(14-12-27)15-13-28)31-25(34)23(30-18(2)33)16-19-4-8-21(29)9-5-19;/h4-11,23-24H,3,12-17,29H2,1-2H3,(H,30,33)(H,31,34);1H. The number of hydrogen-bond donors (Lipinski definition) is 3. The zero-order valence-corrected chi connectivity index (χ0v) is 23.4. The van der Waals surface area contributed by atoms with Crippen molar-refractivity contribution in [3.8, 4) is 0 Å². The Bertz CT molecular complexity index is 984. The van der Waals surface area contributed by atoms with Crippen molar-refractivity contribution in [2.75, 3.05) is 42.1 Å². The Kier molecular flexibility index (Phi) is 14.8. The van der Waals surface area contributed by atoms with Gasteiger partial charge < -0.3 is 26.0 Å². The summed E-state index contributed by atoms with van der Waals surface area (Å²) in [5.41, 5.74) is 8.96. The van der Waals surface area contributed by atoms with E-state index in [1.807, 2.05) is 24.3 Å². The fourth-order valence-corrected chi connectivity index (χ4v) is 4.11. The highest BCUT2D eigenvalue weighted by molar-refractivity contribution is 6.18. The van der Waals surface area contributed by atoms with Gasteiger partial charge in [0.2, 0.25) is 11.8 Å². The molecule has 2 rings (SSSR count). The van der Waals surface area contributed by atoms with Crippen LogP contribution in [0.1, 0.15) is 25.0 Å². The second-order valence-electron chi connectivity index (χ2n) is 8.25. The molecule has 0 radical (unpaired) electrons. The summed E-state index contributed by atoms with van der Waals surface area (Å²) in [4.78, 5) is 39.7. The van der Waals surface area contributed by atoms with E-state index in [-0.39, 0.29) is 37.8 Å². The lowest BCUT2D eigenvalue weighted by Gasteiger charge is -2.24. The van der Waals surface area contributed by atoms with E-state index in [9.17, 15) is 14.4 Å². The molecule has 11 heteroatoms. The van der Waals surface area contributed by atoms with Crippen molar-refractivity contribution < 1.29 is 19.1 Å². The Morgan fingerprint density at radius 1 is 0.892 bits per heavy atom. The molecule has 37 heavy (non-hydrogen) atoms. The molecule has 0 saturated carbocycles. The number of nitrogens with two attached hydrogens (primary N) is 1. The lowest BCUT2D eigenvalue weighted by molar-refractivity contribution is -0.147. The number of nitrogens with one attached hydrogen (secondary N) is 2. The maximum atomic E-state index is 13.2. The van der Waals surface area contributed by atoms with E-state index in [4.69, 9.17) is 33.7 Å². The quantitative estimate of drug-likeness (QED) is 0.182. The molecule has 204 valence electrons. The Morgan fingerprint density at radius 2 is 1.41 bits per heavy atom. The molecule has 2 aromatic carbocycles. The first-order valence-electron chi connectivity index (χ1n) is 11.8. The van der Waals surface area contributed by atoms with Gasteiger partial charge in [0.15, 0.2) is 0 Å². The van der Waals surface area contributed by atoms with E-state index < -0.39 is 24.0 Å². The average Bonchev–Trinajstić information content (AvgIpc) is 2.84. The first-order chi connectivity index (χ1) is 17.3. The highest BCUT2D eigenvalue weighted by Crippen LogP contribution is 2.17. The van der Waals surface area contributed by atoms with Gasteiger partial charge >= 0.3 is 5.97 Å². The first kappa shape index (κ1) is 32.3. The number of benzene rings is 2. The van der Waals surface area contributed by atoms with Crippen molar-refractivity contribution in [1.29, 1.82) is 0 Å². The second-order valence-corrected chi connectivity index (χ2v) is 9.00. The second kappa shape index (κ2) is 16.9. The number of esters is 1. The van der Waals surface area contributed by atoms with Crippen molar-refractivity contribution in [1.82, 2.24) is 10.6 Å². The minimum Gasteiger partial charge on any atom is -0.464 e. The Balaban J connectivity index is 0.00000684. The van der Waals surface area contributed by atoms with Crippen molar-refractivity contribution in [2.45, 2.75) is 38.8 Å². The summed E-state index contributed by atoms with van der Waals surface area (Å²) in [7, 11) is 0. The van der Waals surface area contributed by atoms with Gasteiger partial charge in [0.05, 0.1) is 6.61 Å². The van der Waals surface area contributed by atoms with Crippen LogP contribution in [0.15, 0.2) is 48.5 Å². The van der Waals surface area contributed by atoms with Gasteiger partial charge in [-0.1, -0.05) is 24.3 Å². The number of nitrogen functional groups attached to an aromatic ring is 1. The predicted molar refractivity (Wildman–Crippen MR) is 152 cm³/mol. The number of carbonyl (C=O) groups is 3. The molecule has 0 spiro atoms. The molecular formula is C26H35Cl3N4O4. The van der Waals surface area contributed by atoms with Crippen molar-refractivity contribution in [3.05, 3.63) is 59.7 Å². The summed E-state index contributed by atoms with van der Waals surface area (Å²) in [5, 5.41) is 5.43. The van der Waals surface area contributed by atoms with Gasteiger partial charge in [-0.15, -0.1) is 35.6 Å². The van der Waals surface area contributed by atoms with Crippen molar-refractivity contribution in [3.63, 3.8) is 0 Å². The summed E-state index contributed by atoms with van der Waals surface area (Å²) < 4.78 is 5.20. The molecule has 8 nitrogen and oxygen atoms in total. The van der Waals surface area contributed by atoms with Crippen LogP contribution >= 0.6 is 35.6 Å². The Morgan fingerprint density at radius 3 is 1.89 bits per heavy atom. The number of carbonyl (C=O) groups excluding carboxylic acids is 3. The van der Waals surface area contributed by atoms with Crippen LogP contribution in [-0.2, 0) is 32.0 Å². The van der Waals surface area contributed by atoms with Gasteiger partial charge in [0.1, 0.15) is 12.1 Å². The van der Waals surface area contributed by atoms with Gasteiger partial charge in [-0.05, 0) is 42.3 Å². The largest absolute Gasteiger partial charge is 0.464 e. The zero-order chi connectivity index (χ0) is 26.5. The molecule has 2 amide bonds.